The van der Waals surface area contributed by atoms with E-state index in [0.717, 1.165) is 36.1 Å². The third kappa shape index (κ3) is 2.70. The van der Waals surface area contributed by atoms with Gasteiger partial charge in [-0.3, -0.25) is 9.48 Å². The summed E-state index contributed by atoms with van der Waals surface area (Å²) in [6.45, 7) is 4.68. The van der Waals surface area contributed by atoms with E-state index in [1.165, 1.54) is 0 Å². The number of nitrogens with one attached hydrogen (secondary N) is 1. The zero-order valence-corrected chi connectivity index (χ0v) is 13.6. The molecule has 1 aliphatic heterocycles. The molecule has 3 rings (SSSR count). The first-order chi connectivity index (χ1) is 10.2. The molecule has 0 amide bonds. The molecular formula is C15H19BrN4O. The van der Waals surface area contributed by atoms with Crippen LogP contribution in [0.2, 0.25) is 0 Å². The topological polar surface area (TPSA) is 51.9 Å². The standard InChI is InChI=1S/C15H19BrN4O/c1-2-20-14(12(16)10-18-20)15(21)13-4-3-9-19(13)11-5-7-17-8-6-11/h3-4,9-11,17H,2,5-8H2,1H3. The average molecular weight is 351 g/mol. The lowest BCUT2D eigenvalue weighted by molar-refractivity contribution is 0.101. The van der Waals surface area contributed by atoms with E-state index in [4.69, 9.17) is 0 Å². The molecule has 112 valence electrons. The number of aromatic nitrogens is 3. The fraction of sp³-hybridized carbons (Fsp3) is 0.467. The van der Waals surface area contributed by atoms with Gasteiger partial charge in [0.15, 0.2) is 0 Å². The molecular weight excluding hydrogens is 332 g/mol. The van der Waals surface area contributed by atoms with Crippen LogP contribution in [0.3, 0.4) is 0 Å². The van der Waals surface area contributed by atoms with Crippen molar-refractivity contribution in [3.05, 3.63) is 40.4 Å². The smallest absolute Gasteiger partial charge is 0.228 e. The van der Waals surface area contributed by atoms with Gasteiger partial charge in [0, 0.05) is 18.8 Å². The molecule has 21 heavy (non-hydrogen) atoms. The maximum atomic E-state index is 12.9. The summed E-state index contributed by atoms with van der Waals surface area (Å²) in [5.41, 5.74) is 1.38. The second-order valence-corrected chi connectivity index (χ2v) is 6.12. The lowest BCUT2D eigenvalue weighted by atomic mass is 10.1. The van der Waals surface area contributed by atoms with Crippen molar-refractivity contribution in [1.29, 1.82) is 0 Å². The van der Waals surface area contributed by atoms with Gasteiger partial charge in [-0.05, 0) is 60.9 Å². The zero-order valence-electron chi connectivity index (χ0n) is 12.1. The molecule has 0 aromatic carbocycles. The molecule has 0 aliphatic carbocycles. The van der Waals surface area contributed by atoms with Gasteiger partial charge in [0.1, 0.15) is 5.69 Å². The molecule has 0 spiro atoms. The molecule has 5 nitrogen and oxygen atoms in total. The molecule has 0 unspecified atom stereocenters. The van der Waals surface area contributed by atoms with E-state index >= 15 is 0 Å². The van der Waals surface area contributed by atoms with E-state index in [0.29, 0.717) is 18.3 Å². The quantitative estimate of drug-likeness (QED) is 0.862. The van der Waals surface area contributed by atoms with Gasteiger partial charge >= 0.3 is 0 Å². The van der Waals surface area contributed by atoms with Crippen molar-refractivity contribution < 1.29 is 4.79 Å². The Morgan fingerprint density at radius 1 is 1.48 bits per heavy atom. The monoisotopic (exact) mass is 350 g/mol. The number of halogens is 1. The Labute approximate surface area is 132 Å². The number of hydrogen-bond acceptors (Lipinski definition) is 3. The maximum Gasteiger partial charge on any atom is 0.228 e. The lowest BCUT2D eigenvalue weighted by Gasteiger charge is -2.26. The molecule has 0 bridgehead atoms. The van der Waals surface area contributed by atoms with Crippen LogP contribution in [0.1, 0.15) is 42.0 Å². The second-order valence-electron chi connectivity index (χ2n) is 5.27. The highest BCUT2D eigenvalue weighted by Gasteiger charge is 2.24. The van der Waals surface area contributed by atoms with E-state index in [9.17, 15) is 4.79 Å². The van der Waals surface area contributed by atoms with Crippen LogP contribution in [0.25, 0.3) is 0 Å². The number of aryl methyl sites for hydroxylation is 1. The normalized spacial score (nSPS) is 16.3. The zero-order chi connectivity index (χ0) is 14.8. The molecule has 1 N–H and O–H groups in total. The summed E-state index contributed by atoms with van der Waals surface area (Å²) in [6.07, 6.45) is 5.82. The summed E-state index contributed by atoms with van der Waals surface area (Å²) in [5.74, 6) is 0.0322. The first-order valence-corrected chi connectivity index (χ1v) is 8.15. The minimum absolute atomic E-state index is 0.0322. The first-order valence-electron chi connectivity index (χ1n) is 7.36. The summed E-state index contributed by atoms with van der Waals surface area (Å²) < 4.78 is 4.63. The van der Waals surface area contributed by atoms with Crippen LogP contribution < -0.4 is 5.32 Å². The van der Waals surface area contributed by atoms with Crippen molar-refractivity contribution in [1.82, 2.24) is 19.7 Å². The summed E-state index contributed by atoms with van der Waals surface area (Å²) in [5, 5.41) is 7.60. The number of ketones is 1. The predicted octanol–water partition coefficient (Wildman–Crippen LogP) is 2.62. The Balaban J connectivity index is 1.95. The van der Waals surface area contributed by atoms with Crippen LogP contribution in [-0.2, 0) is 6.54 Å². The largest absolute Gasteiger partial charge is 0.342 e. The van der Waals surface area contributed by atoms with Crippen LogP contribution in [0, 0.1) is 0 Å². The molecule has 0 saturated carbocycles. The molecule has 0 atom stereocenters. The SMILES string of the molecule is CCn1ncc(Br)c1C(=O)c1cccn1C1CCNCC1. The average Bonchev–Trinajstić information content (AvgIpc) is 3.14. The highest BCUT2D eigenvalue weighted by Crippen LogP contribution is 2.25. The summed E-state index contributed by atoms with van der Waals surface area (Å²) in [6, 6.07) is 4.26. The van der Waals surface area contributed by atoms with Crippen LogP contribution in [0.15, 0.2) is 29.0 Å². The summed E-state index contributed by atoms with van der Waals surface area (Å²) >= 11 is 3.44. The number of hydrogen-bond donors (Lipinski definition) is 1. The fourth-order valence-corrected chi connectivity index (χ4v) is 3.42. The Morgan fingerprint density at radius 3 is 2.95 bits per heavy atom. The molecule has 1 saturated heterocycles. The number of carbonyl (C=O) groups excluding carboxylic acids is 1. The van der Waals surface area contributed by atoms with E-state index in [-0.39, 0.29) is 5.78 Å². The summed E-state index contributed by atoms with van der Waals surface area (Å²) in [4.78, 5) is 12.9. The van der Waals surface area contributed by atoms with E-state index in [2.05, 4.69) is 30.9 Å². The second kappa shape index (κ2) is 6.15. The number of carbonyl (C=O) groups is 1. The van der Waals surface area contributed by atoms with Gasteiger partial charge in [-0.25, -0.2) is 0 Å². The third-order valence-corrected chi connectivity index (χ3v) is 4.60. The molecule has 1 aliphatic rings. The van der Waals surface area contributed by atoms with Crippen LogP contribution >= 0.6 is 15.9 Å². The van der Waals surface area contributed by atoms with Gasteiger partial charge in [-0.1, -0.05) is 0 Å². The molecule has 6 heteroatoms. The maximum absolute atomic E-state index is 12.9. The first kappa shape index (κ1) is 14.5. The number of rotatable bonds is 4. The predicted molar refractivity (Wildman–Crippen MR) is 84.6 cm³/mol. The van der Waals surface area contributed by atoms with E-state index < -0.39 is 0 Å². The Kier molecular flexibility index (Phi) is 4.26. The van der Waals surface area contributed by atoms with Crippen molar-refractivity contribution in [2.24, 2.45) is 0 Å². The Bertz CT molecular complexity index is 640. The van der Waals surface area contributed by atoms with Gasteiger partial charge in [0.25, 0.3) is 0 Å². The molecule has 3 heterocycles. The van der Waals surface area contributed by atoms with Crippen LogP contribution in [0.5, 0.6) is 0 Å². The van der Waals surface area contributed by atoms with Crippen molar-refractivity contribution in [3.8, 4) is 0 Å². The highest BCUT2D eigenvalue weighted by atomic mass is 79.9. The van der Waals surface area contributed by atoms with Gasteiger partial charge in [-0.2, -0.15) is 5.10 Å². The third-order valence-electron chi connectivity index (χ3n) is 4.02. The molecule has 1 fully saturated rings. The minimum Gasteiger partial charge on any atom is -0.342 e. The van der Waals surface area contributed by atoms with Crippen LogP contribution in [-0.4, -0.2) is 33.2 Å². The number of piperidine rings is 1. The molecule has 0 radical (unpaired) electrons. The van der Waals surface area contributed by atoms with Crippen molar-refractivity contribution in [2.45, 2.75) is 32.4 Å². The minimum atomic E-state index is 0.0322. The van der Waals surface area contributed by atoms with Crippen molar-refractivity contribution in [3.63, 3.8) is 0 Å². The van der Waals surface area contributed by atoms with Gasteiger partial charge < -0.3 is 9.88 Å². The Hall–Kier alpha value is -1.40. The lowest BCUT2D eigenvalue weighted by Crippen LogP contribution is -2.30. The van der Waals surface area contributed by atoms with Crippen LogP contribution in [0.4, 0.5) is 0 Å². The van der Waals surface area contributed by atoms with Gasteiger partial charge in [-0.15, -0.1) is 0 Å². The number of nitrogens with zero attached hydrogens (tertiary/aromatic N) is 3. The molecule has 2 aromatic heterocycles. The van der Waals surface area contributed by atoms with E-state index in [1.54, 1.807) is 10.9 Å². The van der Waals surface area contributed by atoms with Gasteiger partial charge in [0.05, 0.1) is 16.4 Å². The fourth-order valence-electron chi connectivity index (χ4n) is 2.94. The molecule has 2 aromatic rings. The van der Waals surface area contributed by atoms with E-state index in [1.807, 2.05) is 25.3 Å². The van der Waals surface area contributed by atoms with Gasteiger partial charge in [0.2, 0.25) is 5.78 Å². The Morgan fingerprint density at radius 2 is 2.24 bits per heavy atom. The highest BCUT2D eigenvalue weighted by molar-refractivity contribution is 9.10. The summed E-state index contributed by atoms with van der Waals surface area (Å²) in [7, 11) is 0. The van der Waals surface area contributed by atoms with Crippen molar-refractivity contribution in [2.75, 3.05) is 13.1 Å². The van der Waals surface area contributed by atoms with Crippen molar-refractivity contribution >= 4 is 21.7 Å².